The zero-order valence-corrected chi connectivity index (χ0v) is 12.9. The van der Waals surface area contributed by atoms with Gasteiger partial charge in [-0.3, -0.25) is 0 Å². The molecular formula is C19H24NO2+. The van der Waals surface area contributed by atoms with Crippen molar-refractivity contribution in [2.24, 2.45) is 0 Å². The van der Waals surface area contributed by atoms with Gasteiger partial charge in [-0.1, -0.05) is 42.5 Å². The quantitative estimate of drug-likeness (QED) is 0.852. The summed E-state index contributed by atoms with van der Waals surface area (Å²) in [6, 6.07) is 18.3. The van der Waals surface area contributed by atoms with E-state index in [0.717, 1.165) is 12.3 Å². The molecule has 1 fully saturated rings. The molecular weight excluding hydrogens is 274 g/mol. The number of aliphatic hydroxyl groups excluding tert-OH is 1. The third-order valence-corrected chi connectivity index (χ3v) is 4.24. The second kappa shape index (κ2) is 7.43. The second-order valence-electron chi connectivity index (χ2n) is 6.02. The summed E-state index contributed by atoms with van der Waals surface area (Å²) in [6.45, 7) is 3.53. The van der Waals surface area contributed by atoms with E-state index in [1.54, 1.807) is 0 Å². The largest absolute Gasteiger partial charge is 0.491 e. The zero-order valence-electron chi connectivity index (χ0n) is 12.9. The lowest BCUT2D eigenvalue weighted by molar-refractivity contribution is -0.890. The van der Waals surface area contributed by atoms with Crippen LogP contribution in [0.15, 0.2) is 54.6 Å². The first-order valence-electron chi connectivity index (χ1n) is 8.11. The van der Waals surface area contributed by atoms with Crippen LogP contribution >= 0.6 is 0 Å². The number of nitrogens with one attached hydrogen (secondary N) is 1. The highest BCUT2D eigenvalue weighted by Gasteiger charge is 2.19. The molecule has 0 bridgehead atoms. The molecule has 3 rings (SSSR count). The molecule has 1 aliphatic rings. The molecule has 1 heterocycles. The van der Waals surface area contributed by atoms with E-state index in [4.69, 9.17) is 4.74 Å². The van der Waals surface area contributed by atoms with E-state index in [2.05, 4.69) is 24.3 Å². The van der Waals surface area contributed by atoms with Gasteiger partial charge in [0.15, 0.2) is 0 Å². The van der Waals surface area contributed by atoms with Gasteiger partial charge < -0.3 is 14.7 Å². The maximum atomic E-state index is 10.1. The van der Waals surface area contributed by atoms with Crippen LogP contribution in [0.25, 0.3) is 11.1 Å². The number of hydrogen-bond acceptors (Lipinski definition) is 2. The Morgan fingerprint density at radius 2 is 1.55 bits per heavy atom. The Balaban J connectivity index is 1.50. The fourth-order valence-electron chi connectivity index (χ4n) is 3.04. The lowest BCUT2D eigenvalue weighted by atomic mass is 10.1. The van der Waals surface area contributed by atoms with Crippen molar-refractivity contribution < 1.29 is 14.7 Å². The number of benzene rings is 2. The van der Waals surface area contributed by atoms with Gasteiger partial charge in [-0.15, -0.1) is 0 Å². The maximum absolute atomic E-state index is 10.1. The molecule has 3 nitrogen and oxygen atoms in total. The predicted molar refractivity (Wildman–Crippen MR) is 88.2 cm³/mol. The number of quaternary nitrogens is 1. The van der Waals surface area contributed by atoms with Gasteiger partial charge in [0.25, 0.3) is 0 Å². The Hall–Kier alpha value is -1.84. The van der Waals surface area contributed by atoms with Gasteiger partial charge in [0, 0.05) is 12.8 Å². The van der Waals surface area contributed by atoms with Crippen molar-refractivity contribution in [2.45, 2.75) is 18.9 Å². The molecule has 2 N–H and O–H groups in total. The van der Waals surface area contributed by atoms with Crippen LogP contribution in [-0.4, -0.2) is 37.5 Å². The number of rotatable bonds is 6. The van der Waals surface area contributed by atoms with Crippen LogP contribution in [0.1, 0.15) is 12.8 Å². The first-order chi connectivity index (χ1) is 10.8. The van der Waals surface area contributed by atoms with Crippen molar-refractivity contribution in [3.63, 3.8) is 0 Å². The Kier molecular flexibility index (Phi) is 5.09. The van der Waals surface area contributed by atoms with Crippen LogP contribution in [0.4, 0.5) is 0 Å². The van der Waals surface area contributed by atoms with Crippen molar-refractivity contribution in [2.75, 3.05) is 26.2 Å². The lowest BCUT2D eigenvalue weighted by Gasteiger charge is -2.17. The fraction of sp³-hybridized carbons (Fsp3) is 0.368. The van der Waals surface area contributed by atoms with Crippen molar-refractivity contribution in [1.29, 1.82) is 0 Å². The highest BCUT2D eigenvalue weighted by Crippen LogP contribution is 2.22. The number of likely N-dealkylation sites (tertiary alicyclic amines) is 1. The lowest BCUT2D eigenvalue weighted by Crippen LogP contribution is -3.11. The van der Waals surface area contributed by atoms with E-state index in [0.29, 0.717) is 6.61 Å². The number of hydrogen-bond donors (Lipinski definition) is 2. The van der Waals surface area contributed by atoms with Crippen LogP contribution in [0.2, 0.25) is 0 Å². The van der Waals surface area contributed by atoms with E-state index in [1.165, 1.54) is 42.0 Å². The van der Waals surface area contributed by atoms with Gasteiger partial charge in [-0.25, -0.2) is 0 Å². The Morgan fingerprint density at radius 3 is 2.23 bits per heavy atom. The molecule has 0 radical (unpaired) electrons. The van der Waals surface area contributed by atoms with Gasteiger partial charge in [-0.05, 0) is 23.3 Å². The summed E-state index contributed by atoms with van der Waals surface area (Å²) >= 11 is 0. The van der Waals surface area contributed by atoms with Crippen LogP contribution in [0, 0.1) is 0 Å². The van der Waals surface area contributed by atoms with Crippen LogP contribution in [-0.2, 0) is 0 Å². The topological polar surface area (TPSA) is 33.9 Å². The number of ether oxygens (including phenoxy) is 1. The molecule has 0 unspecified atom stereocenters. The standard InChI is InChI=1S/C19H23NO2/c21-18(14-20-12-4-5-13-20)15-22-19-10-8-17(9-11-19)16-6-2-1-3-7-16/h1-3,6-11,18,21H,4-5,12-15H2/p+1/t18-/m1/s1. The third kappa shape index (κ3) is 4.09. The molecule has 1 atom stereocenters. The van der Waals surface area contributed by atoms with Gasteiger partial charge >= 0.3 is 0 Å². The molecule has 2 aromatic carbocycles. The summed E-state index contributed by atoms with van der Waals surface area (Å²) < 4.78 is 5.71. The molecule has 1 aliphatic heterocycles. The molecule has 0 amide bonds. The van der Waals surface area contributed by atoms with Crippen molar-refractivity contribution >= 4 is 0 Å². The van der Waals surface area contributed by atoms with Gasteiger partial charge in [-0.2, -0.15) is 0 Å². The number of aliphatic hydroxyl groups is 1. The zero-order chi connectivity index (χ0) is 15.2. The van der Waals surface area contributed by atoms with E-state index in [9.17, 15) is 5.11 Å². The van der Waals surface area contributed by atoms with E-state index < -0.39 is 0 Å². The molecule has 116 valence electrons. The monoisotopic (exact) mass is 298 g/mol. The summed E-state index contributed by atoms with van der Waals surface area (Å²) in [7, 11) is 0. The molecule has 1 saturated heterocycles. The minimum atomic E-state index is -0.387. The van der Waals surface area contributed by atoms with Crippen LogP contribution in [0.3, 0.4) is 0 Å². The summed E-state index contributed by atoms with van der Waals surface area (Å²) in [6.07, 6.45) is 2.18. The Morgan fingerprint density at radius 1 is 0.909 bits per heavy atom. The summed E-state index contributed by atoms with van der Waals surface area (Å²) in [5, 5.41) is 10.1. The molecule has 0 saturated carbocycles. The fourth-order valence-corrected chi connectivity index (χ4v) is 3.04. The summed E-state index contributed by atoms with van der Waals surface area (Å²) in [5.74, 6) is 0.815. The minimum absolute atomic E-state index is 0.369. The van der Waals surface area contributed by atoms with Crippen LogP contribution in [0.5, 0.6) is 5.75 Å². The molecule has 0 aromatic heterocycles. The maximum Gasteiger partial charge on any atom is 0.137 e. The minimum Gasteiger partial charge on any atom is -0.491 e. The van der Waals surface area contributed by atoms with Crippen LogP contribution < -0.4 is 9.64 Å². The van der Waals surface area contributed by atoms with Gasteiger partial charge in [0.2, 0.25) is 0 Å². The van der Waals surface area contributed by atoms with Gasteiger partial charge in [0.05, 0.1) is 13.1 Å². The first kappa shape index (κ1) is 15.1. The first-order valence-corrected chi connectivity index (χ1v) is 8.11. The normalized spacial score (nSPS) is 16.6. The predicted octanol–water partition coefficient (Wildman–Crippen LogP) is 1.77. The smallest absolute Gasteiger partial charge is 0.137 e. The van der Waals surface area contributed by atoms with E-state index in [1.807, 2.05) is 30.3 Å². The second-order valence-corrected chi connectivity index (χ2v) is 6.02. The Labute approximate surface area is 132 Å². The highest BCUT2D eigenvalue weighted by molar-refractivity contribution is 5.63. The SMILES string of the molecule is O[C@@H](COc1ccc(-c2ccccc2)cc1)C[NH+]1CCCC1. The molecule has 3 heteroatoms. The summed E-state index contributed by atoms with van der Waals surface area (Å²) in [4.78, 5) is 1.50. The highest BCUT2D eigenvalue weighted by atomic mass is 16.5. The van der Waals surface area contributed by atoms with Crippen molar-refractivity contribution in [1.82, 2.24) is 0 Å². The Bertz CT molecular complexity index is 562. The van der Waals surface area contributed by atoms with E-state index >= 15 is 0 Å². The van der Waals surface area contributed by atoms with Gasteiger partial charge in [0.1, 0.15) is 25.0 Å². The third-order valence-electron chi connectivity index (χ3n) is 4.24. The van der Waals surface area contributed by atoms with E-state index in [-0.39, 0.29) is 6.10 Å². The van der Waals surface area contributed by atoms with Crippen molar-refractivity contribution in [3.05, 3.63) is 54.6 Å². The summed E-state index contributed by atoms with van der Waals surface area (Å²) in [5.41, 5.74) is 2.38. The van der Waals surface area contributed by atoms with Crippen molar-refractivity contribution in [3.8, 4) is 16.9 Å². The molecule has 22 heavy (non-hydrogen) atoms. The molecule has 2 aromatic rings. The average molecular weight is 298 g/mol. The average Bonchev–Trinajstić information content (AvgIpc) is 3.07. The molecule has 0 spiro atoms. The molecule has 0 aliphatic carbocycles.